The Kier molecular flexibility index (Phi) is 3.03. The molecule has 0 spiro atoms. The number of nitrogens with zero attached hydrogens (tertiary/aromatic N) is 1. The summed E-state index contributed by atoms with van der Waals surface area (Å²) in [6.07, 6.45) is 4.96. The first-order chi connectivity index (χ1) is 7.71. The molecule has 1 fully saturated rings. The van der Waals surface area contributed by atoms with Crippen molar-refractivity contribution < 1.29 is 9.21 Å². The SMILES string of the molecule is CCC1(CC)CCN(C(=O)c2ccco2)C1. The van der Waals surface area contributed by atoms with E-state index in [1.165, 1.54) is 0 Å². The molecule has 1 aromatic heterocycles. The normalized spacial score (nSPS) is 19.0. The molecule has 1 saturated heterocycles. The van der Waals surface area contributed by atoms with Crippen molar-refractivity contribution in [1.82, 2.24) is 4.90 Å². The standard InChI is InChI=1S/C13H19NO2/c1-3-13(4-2)7-8-14(10-13)12(15)11-6-5-9-16-11/h5-6,9H,3-4,7-8,10H2,1-2H3. The second kappa shape index (κ2) is 4.32. The van der Waals surface area contributed by atoms with Crippen LogP contribution in [0.1, 0.15) is 43.7 Å². The maximum Gasteiger partial charge on any atom is 0.289 e. The van der Waals surface area contributed by atoms with Crippen LogP contribution >= 0.6 is 0 Å². The molecule has 0 saturated carbocycles. The minimum atomic E-state index is 0.0359. The van der Waals surface area contributed by atoms with Gasteiger partial charge in [0.05, 0.1) is 6.26 Å². The van der Waals surface area contributed by atoms with Crippen LogP contribution in [0.2, 0.25) is 0 Å². The van der Waals surface area contributed by atoms with E-state index in [1.807, 2.05) is 4.90 Å². The van der Waals surface area contributed by atoms with Gasteiger partial charge in [-0.05, 0) is 36.8 Å². The molecule has 3 heteroatoms. The largest absolute Gasteiger partial charge is 0.459 e. The van der Waals surface area contributed by atoms with Crippen molar-refractivity contribution in [3.8, 4) is 0 Å². The maximum absolute atomic E-state index is 12.1. The molecule has 88 valence electrons. The van der Waals surface area contributed by atoms with E-state index in [1.54, 1.807) is 18.4 Å². The van der Waals surface area contributed by atoms with Crippen molar-refractivity contribution >= 4 is 5.91 Å². The van der Waals surface area contributed by atoms with Crippen molar-refractivity contribution in [3.05, 3.63) is 24.2 Å². The van der Waals surface area contributed by atoms with E-state index in [0.29, 0.717) is 11.2 Å². The summed E-state index contributed by atoms with van der Waals surface area (Å²) in [6, 6.07) is 3.50. The molecule has 16 heavy (non-hydrogen) atoms. The van der Waals surface area contributed by atoms with E-state index in [9.17, 15) is 4.79 Å². The van der Waals surface area contributed by atoms with Crippen molar-refractivity contribution in [1.29, 1.82) is 0 Å². The Bertz CT molecular complexity index is 352. The van der Waals surface area contributed by atoms with Gasteiger partial charge in [-0.2, -0.15) is 0 Å². The van der Waals surface area contributed by atoms with Crippen molar-refractivity contribution in [2.45, 2.75) is 33.1 Å². The maximum atomic E-state index is 12.1. The van der Waals surface area contributed by atoms with Crippen LogP contribution in [-0.2, 0) is 0 Å². The molecule has 1 aliphatic rings. The molecule has 0 atom stereocenters. The molecular formula is C13H19NO2. The first kappa shape index (κ1) is 11.2. The van der Waals surface area contributed by atoms with Crippen LogP contribution in [0.25, 0.3) is 0 Å². The van der Waals surface area contributed by atoms with E-state index < -0.39 is 0 Å². The first-order valence-electron chi connectivity index (χ1n) is 6.03. The Labute approximate surface area is 96.4 Å². The zero-order valence-electron chi connectivity index (χ0n) is 10.0. The lowest BCUT2D eigenvalue weighted by molar-refractivity contribution is 0.0738. The Morgan fingerprint density at radius 1 is 1.50 bits per heavy atom. The van der Waals surface area contributed by atoms with Crippen LogP contribution < -0.4 is 0 Å². The molecule has 0 aromatic carbocycles. The van der Waals surface area contributed by atoms with Gasteiger partial charge in [0.2, 0.25) is 0 Å². The molecule has 0 unspecified atom stereocenters. The van der Waals surface area contributed by atoms with Crippen LogP contribution in [0, 0.1) is 5.41 Å². The third-order valence-electron chi connectivity index (χ3n) is 3.96. The van der Waals surface area contributed by atoms with Gasteiger partial charge in [-0.15, -0.1) is 0 Å². The van der Waals surface area contributed by atoms with E-state index in [-0.39, 0.29) is 5.91 Å². The fraction of sp³-hybridized carbons (Fsp3) is 0.615. The minimum Gasteiger partial charge on any atom is -0.459 e. The Morgan fingerprint density at radius 3 is 2.75 bits per heavy atom. The highest BCUT2D eigenvalue weighted by Gasteiger charge is 2.37. The summed E-state index contributed by atoms with van der Waals surface area (Å²) in [6.45, 7) is 6.16. The second-order valence-electron chi connectivity index (χ2n) is 4.66. The number of likely N-dealkylation sites (tertiary alicyclic amines) is 1. The molecule has 0 N–H and O–H groups in total. The van der Waals surface area contributed by atoms with Gasteiger partial charge in [-0.3, -0.25) is 4.79 Å². The molecule has 1 aromatic rings. The third-order valence-corrected chi connectivity index (χ3v) is 3.96. The number of amides is 1. The van der Waals surface area contributed by atoms with Gasteiger partial charge < -0.3 is 9.32 Å². The number of carbonyl (C=O) groups excluding carboxylic acids is 1. The fourth-order valence-electron chi connectivity index (χ4n) is 2.49. The number of carbonyl (C=O) groups is 1. The number of hydrogen-bond donors (Lipinski definition) is 0. The summed E-state index contributed by atoms with van der Waals surface area (Å²) in [5.74, 6) is 0.497. The molecular weight excluding hydrogens is 202 g/mol. The smallest absolute Gasteiger partial charge is 0.289 e. The fourth-order valence-corrected chi connectivity index (χ4v) is 2.49. The van der Waals surface area contributed by atoms with Gasteiger partial charge in [0.1, 0.15) is 0 Å². The van der Waals surface area contributed by atoms with Crippen LogP contribution in [0.3, 0.4) is 0 Å². The van der Waals surface area contributed by atoms with Crippen LogP contribution in [-0.4, -0.2) is 23.9 Å². The Hall–Kier alpha value is -1.25. The van der Waals surface area contributed by atoms with Crippen LogP contribution in [0.5, 0.6) is 0 Å². The highest BCUT2D eigenvalue weighted by atomic mass is 16.3. The van der Waals surface area contributed by atoms with Crippen LogP contribution in [0.15, 0.2) is 22.8 Å². The lowest BCUT2D eigenvalue weighted by Gasteiger charge is -2.25. The van der Waals surface area contributed by atoms with Crippen molar-refractivity contribution in [2.75, 3.05) is 13.1 Å². The molecule has 0 radical (unpaired) electrons. The number of hydrogen-bond acceptors (Lipinski definition) is 2. The summed E-state index contributed by atoms with van der Waals surface area (Å²) >= 11 is 0. The van der Waals surface area contributed by atoms with Crippen molar-refractivity contribution in [3.63, 3.8) is 0 Å². The molecule has 0 aliphatic carbocycles. The average molecular weight is 221 g/mol. The van der Waals surface area contributed by atoms with Gasteiger partial charge in [0.25, 0.3) is 5.91 Å². The lowest BCUT2D eigenvalue weighted by atomic mass is 9.82. The average Bonchev–Trinajstić information content (AvgIpc) is 2.98. The summed E-state index contributed by atoms with van der Waals surface area (Å²) in [4.78, 5) is 14.0. The predicted octanol–water partition coefficient (Wildman–Crippen LogP) is 2.93. The van der Waals surface area contributed by atoms with E-state index in [0.717, 1.165) is 32.4 Å². The third kappa shape index (κ3) is 1.86. The quantitative estimate of drug-likeness (QED) is 0.786. The predicted molar refractivity (Wildman–Crippen MR) is 62.2 cm³/mol. The monoisotopic (exact) mass is 221 g/mol. The highest BCUT2D eigenvalue weighted by Crippen LogP contribution is 2.37. The van der Waals surface area contributed by atoms with E-state index in [4.69, 9.17) is 4.42 Å². The first-order valence-corrected chi connectivity index (χ1v) is 6.03. The lowest BCUT2D eigenvalue weighted by Crippen LogP contribution is -2.31. The van der Waals surface area contributed by atoms with Gasteiger partial charge >= 0.3 is 0 Å². The minimum absolute atomic E-state index is 0.0359. The molecule has 1 amide bonds. The summed E-state index contributed by atoms with van der Waals surface area (Å²) in [5.41, 5.74) is 0.336. The highest BCUT2D eigenvalue weighted by molar-refractivity contribution is 5.91. The Morgan fingerprint density at radius 2 is 2.25 bits per heavy atom. The van der Waals surface area contributed by atoms with Gasteiger partial charge in [0.15, 0.2) is 5.76 Å². The Balaban J connectivity index is 2.06. The van der Waals surface area contributed by atoms with Gasteiger partial charge in [0, 0.05) is 13.1 Å². The number of furan rings is 1. The van der Waals surface area contributed by atoms with Crippen LogP contribution in [0.4, 0.5) is 0 Å². The molecule has 0 bridgehead atoms. The summed E-state index contributed by atoms with van der Waals surface area (Å²) in [5, 5.41) is 0. The number of rotatable bonds is 3. The second-order valence-corrected chi connectivity index (χ2v) is 4.66. The molecule has 1 aliphatic heterocycles. The van der Waals surface area contributed by atoms with E-state index in [2.05, 4.69) is 13.8 Å². The van der Waals surface area contributed by atoms with Gasteiger partial charge in [-0.25, -0.2) is 0 Å². The van der Waals surface area contributed by atoms with E-state index >= 15 is 0 Å². The summed E-state index contributed by atoms with van der Waals surface area (Å²) < 4.78 is 5.15. The zero-order chi connectivity index (χ0) is 11.6. The molecule has 2 rings (SSSR count). The summed E-state index contributed by atoms with van der Waals surface area (Å²) in [7, 11) is 0. The topological polar surface area (TPSA) is 33.5 Å². The van der Waals surface area contributed by atoms with Crippen molar-refractivity contribution in [2.24, 2.45) is 5.41 Å². The molecule has 3 nitrogen and oxygen atoms in total. The molecule has 2 heterocycles. The zero-order valence-corrected chi connectivity index (χ0v) is 10.0. The van der Waals surface area contributed by atoms with Gasteiger partial charge in [-0.1, -0.05) is 13.8 Å².